The number of rotatable bonds is 7. The molecule has 2 fully saturated rings. The van der Waals surface area contributed by atoms with Gasteiger partial charge in [0.15, 0.2) is 0 Å². The molecule has 0 radical (unpaired) electrons. The number of nitrogens with zero attached hydrogens (tertiary/aromatic N) is 1. The highest BCUT2D eigenvalue weighted by Crippen LogP contribution is 2.31. The van der Waals surface area contributed by atoms with Crippen LogP contribution in [0.2, 0.25) is 0 Å². The van der Waals surface area contributed by atoms with E-state index in [4.69, 9.17) is 4.42 Å². The van der Waals surface area contributed by atoms with Crippen LogP contribution in [0.1, 0.15) is 31.2 Å². The van der Waals surface area contributed by atoms with Gasteiger partial charge in [0, 0.05) is 28.9 Å². The van der Waals surface area contributed by atoms with Gasteiger partial charge in [0.05, 0.1) is 12.5 Å². The van der Waals surface area contributed by atoms with E-state index in [0.29, 0.717) is 36.4 Å². The summed E-state index contributed by atoms with van der Waals surface area (Å²) in [5.74, 6) is 0.485. The van der Waals surface area contributed by atoms with E-state index in [1.807, 2.05) is 78.9 Å². The van der Waals surface area contributed by atoms with Gasteiger partial charge < -0.3 is 25.3 Å². The number of carbonyl (C=O) groups excluding carboxylic acids is 3. The van der Waals surface area contributed by atoms with Crippen LogP contribution in [0.5, 0.6) is 0 Å². The summed E-state index contributed by atoms with van der Waals surface area (Å²) in [6, 6.07) is 24.0. The predicted octanol–water partition coefficient (Wildman–Crippen LogP) is 4.96. The molecule has 0 aliphatic carbocycles. The number of hydrogen-bond donors (Lipinski definition) is 3. The van der Waals surface area contributed by atoms with Crippen LogP contribution in [0.15, 0.2) is 83.3 Å². The molecule has 2 atom stereocenters. The first-order valence-corrected chi connectivity index (χ1v) is 13.9. The zero-order valence-electron chi connectivity index (χ0n) is 22.2. The number of amides is 3. The summed E-state index contributed by atoms with van der Waals surface area (Å²) in [6.45, 7) is 1.47. The van der Waals surface area contributed by atoms with Crippen molar-refractivity contribution in [3.63, 3.8) is 0 Å². The van der Waals surface area contributed by atoms with Gasteiger partial charge in [-0.15, -0.1) is 0 Å². The van der Waals surface area contributed by atoms with Crippen LogP contribution in [0.3, 0.4) is 0 Å². The largest absolute Gasteiger partial charge is 0.456 e. The Morgan fingerprint density at radius 1 is 0.850 bits per heavy atom. The van der Waals surface area contributed by atoms with E-state index < -0.39 is 6.04 Å². The summed E-state index contributed by atoms with van der Waals surface area (Å²) in [5.41, 5.74) is 3.94. The Morgan fingerprint density at radius 2 is 1.62 bits per heavy atom. The van der Waals surface area contributed by atoms with E-state index in [0.717, 1.165) is 48.0 Å². The highest BCUT2D eigenvalue weighted by atomic mass is 16.3. The van der Waals surface area contributed by atoms with Crippen molar-refractivity contribution in [3.05, 3.63) is 84.4 Å². The van der Waals surface area contributed by atoms with Crippen molar-refractivity contribution in [2.24, 2.45) is 0 Å². The lowest BCUT2D eigenvalue weighted by atomic mass is 10.1. The number of nitrogens with one attached hydrogen (secondary N) is 3. The zero-order chi connectivity index (χ0) is 27.5. The molecular weight excluding hydrogens is 504 g/mol. The highest BCUT2D eigenvalue weighted by Gasteiger charge is 2.34. The van der Waals surface area contributed by atoms with Gasteiger partial charge in [-0.05, 0) is 86.3 Å². The van der Waals surface area contributed by atoms with Crippen LogP contribution in [-0.4, -0.2) is 47.8 Å². The molecule has 3 aromatic carbocycles. The molecule has 2 aliphatic rings. The fourth-order valence-electron chi connectivity index (χ4n) is 5.55. The number of likely N-dealkylation sites (tertiary alicyclic amines) is 1. The highest BCUT2D eigenvalue weighted by molar-refractivity contribution is 5.99. The molecule has 40 heavy (non-hydrogen) atoms. The Morgan fingerprint density at radius 3 is 2.40 bits per heavy atom. The molecule has 4 aromatic rings. The van der Waals surface area contributed by atoms with Crippen molar-refractivity contribution in [2.45, 2.75) is 44.2 Å². The van der Waals surface area contributed by atoms with Gasteiger partial charge in [-0.2, -0.15) is 0 Å². The first kappa shape index (κ1) is 25.8. The minimum Gasteiger partial charge on any atom is -0.456 e. The average molecular weight is 537 g/mol. The fraction of sp³-hybridized carbons (Fsp3) is 0.281. The van der Waals surface area contributed by atoms with E-state index in [-0.39, 0.29) is 23.8 Å². The second-order valence-corrected chi connectivity index (χ2v) is 10.5. The van der Waals surface area contributed by atoms with Gasteiger partial charge in [0.2, 0.25) is 17.7 Å². The van der Waals surface area contributed by atoms with Crippen LogP contribution < -0.4 is 16.0 Å². The molecule has 3 heterocycles. The third-order valence-corrected chi connectivity index (χ3v) is 7.67. The van der Waals surface area contributed by atoms with E-state index >= 15 is 0 Å². The van der Waals surface area contributed by atoms with Crippen LogP contribution in [0.25, 0.3) is 22.3 Å². The molecule has 0 spiro atoms. The maximum absolute atomic E-state index is 13.2. The smallest absolute Gasteiger partial charge is 0.247 e. The van der Waals surface area contributed by atoms with Gasteiger partial charge in [-0.1, -0.05) is 30.3 Å². The van der Waals surface area contributed by atoms with Crippen molar-refractivity contribution in [1.82, 2.24) is 10.2 Å². The third-order valence-electron chi connectivity index (χ3n) is 7.67. The predicted molar refractivity (Wildman–Crippen MR) is 155 cm³/mol. The minimum atomic E-state index is -0.477. The number of furan rings is 1. The topological polar surface area (TPSA) is 104 Å². The normalized spacial score (nSPS) is 18.6. The van der Waals surface area contributed by atoms with Gasteiger partial charge in [0.25, 0.3) is 0 Å². The maximum atomic E-state index is 13.2. The van der Waals surface area contributed by atoms with Crippen LogP contribution >= 0.6 is 0 Å². The van der Waals surface area contributed by atoms with Crippen molar-refractivity contribution < 1.29 is 18.8 Å². The Balaban J connectivity index is 1.10. The van der Waals surface area contributed by atoms with E-state index in [1.165, 1.54) is 0 Å². The maximum Gasteiger partial charge on any atom is 0.247 e. The number of carbonyl (C=O) groups is 3. The Bertz CT molecular complexity index is 1520. The lowest BCUT2D eigenvalue weighted by Crippen LogP contribution is -2.43. The molecule has 3 N–H and O–H groups in total. The third kappa shape index (κ3) is 5.62. The quantitative estimate of drug-likeness (QED) is 0.310. The SMILES string of the molecule is O=C(Nc1ccc(-c2cc3cc(NC(=O)[C@@H]4CCCN4C(=O)Cc4ccccc4)ccc3o2)cc1)C1CCCN1. The van der Waals surface area contributed by atoms with Crippen molar-refractivity contribution in [1.29, 1.82) is 0 Å². The summed E-state index contributed by atoms with van der Waals surface area (Å²) < 4.78 is 6.06. The number of hydrogen-bond acceptors (Lipinski definition) is 5. The van der Waals surface area contributed by atoms with Gasteiger partial charge in [-0.3, -0.25) is 14.4 Å². The van der Waals surface area contributed by atoms with E-state index in [9.17, 15) is 14.4 Å². The molecule has 204 valence electrons. The number of fused-ring (bicyclic) bond motifs is 1. The summed E-state index contributed by atoms with van der Waals surface area (Å²) in [6.07, 6.45) is 3.62. The molecular formula is C32H32N4O4. The van der Waals surface area contributed by atoms with Gasteiger partial charge in [0.1, 0.15) is 17.4 Å². The molecule has 2 saturated heterocycles. The molecule has 1 aromatic heterocycles. The molecule has 6 rings (SSSR count). The molecule has 3 amide bonds. The van der Waals surface area contributed by atoms with E-state index in [2.05, 4.69) is 16.0 Å². The molecule has 8 nitrogen and oxygen atoms in total. The summed E-state index contributed by atoms with van der Waals surface area (Å²) >= 11 is 0. The van der Waals surface area contributed by atoms with Crippen molar-refractivity contribution >= 4 is 40.1 Å². The average Bonchev–Trinajstić information content (AvgIpc) is 3.75. The first-order valence-electron chi connectivity index (χ1n) is 13.9. The van der Waals surface area contributed by atoms with Gasteiger partial charge in [-0.25, -0.2) is 0 Å². The first-order chi connectivity index (χ1) is 19.5. The lowest BCUT2D eigenvalue weighted by molar-refractivity contribution is -0.136. The summed E-state index contributed by atoms with van der Waals surface area (Å²) in [7, 11) is 0. The summed E-state index contributed by atoms with van der Waals surface area (Å²) in [5, 5.41) is 10.0. The Kier molecular flexibility index (Phi) is 7.33. The fourth-order valence-corrected chi connectivity index (χ4v) is 5.55. The van der Waals surface area contributed by atoms with Crippen LogP contribution in [0, 0.1) is 0 Å². The van der Waals surface area contributed by atoms with Crippen LogP contribution in [0.4, 0.5) is 11.4 Å². The number of benzene rings is 3. The van der Waals surface area contributed by atoms with Gasteiger partial charge >= 0.3 is 0 Å². The molecule has 0 bridgehead atoms. The van der Waals surface area contributed by atoms with E-state index in [1.54, 1.807) is 4.90 Å². The molecule has 8 heteroatoms. The Labute approximate surface area is 232 Å². The minimum absolute atomic E-state index is 0.00940. The van der Waals surface area contributed by atoms with Crippen LogP contribution in [-0.2, 0) is 20.8 Å². The molecule has 1 unspecified atom stereocenters. The summed E-state index contributed by atoms with van der Waals surface area (Å²) in [4.78, 5) is 40.2. The lowest BCUT2D eigenvalue weighted by Gasteiger charge is -2.24. The zero-order valence-corrected chi connectivity index (χ0v) is 22.2. The molecule has 2 aliphatic heterocycles. The monoisotopic (exact) mass is 536 g/mol. The van der Waals surface area contributed by atoms with Crippen molar-refractivity contribution in [2.75, 3.05) is 23.7 Å². The van der Waals surface area contributed by atoms with Crippen molar-refractivity contribution in [3.8, 4) is 11.3 Å². The second kappa shape index (κ2) is 11.4. The number of anilines is 2. The molecule has 0 saturated carbocycles. The Hall–Kier alpha value is -4.43. The standard InChI is InChI=1S/C32H32N4O4/c37-30(18-21-6-2-1-3-7-21)36-17-5-9-27(36)32(39)35-25-14-15-28-23(19-25)20-29(40-28)22-10-12-24(13-11-22)34-31(38)26-8-4-16-33-26/h1-3,6-7,10-15,19-20,26-27,33H,4-5,8-9,16-18H2,(H,34,38)(H,35,39)/t26?,27-/m0/s1. The second-order valence-electron chi connectivity index (χ2n) is 10.5.